The fourth-order valence-electron chi connectivity index (χ4n) is 4.20. The van der Waals surface area contributed by atoms with Gasteiger partial charge in [0.15, 0.2) is 0 Å². The molecule has 5 heteroatoms. The quantitative estimate of drug-likeness (QED) is 0.0484. The van der Waals surface area contributed by atoms with Gasteiger partial charge in [0.05, 0.1) is 26.2 Å². The molecular formula is C29H54NO4+. The Morgan fingerprint density at radius 2 is 1.06 bits per heavy atom. The van der Waals surface area contributed by atoms with Crippen molar-refractivity contribution in [1.29, 1.82) is 0 Å². The standard InChI is InChI=1S/C29H54NO4/c1-5-9-10-11-12-13-14-15-16-17-18-19-20-21-26-33-28(31)22-23-29(32)34-27-25-30(7-3,8-4)24-6-2/h6,22-23H,2,5,7-21,24-27H2,1,3-4H3/q+1/b23-22-. The Hall–Kier alpha value is -1.62. The molecular weight excluding hydrogens is 426 g/mol. The molecule has 0 atom stereocenters. The van der Waals surface area contributed by atoms with Crippen LogP contribution in [-0.2, 0) is 19.1 Å². The molecule has 0 radical (unpaired) electrons. The van der Waals surface area contributed by atoms with Crippen LogP contribution in [0.1, 0.15) is 111 Å². The highest BCUT2D eigenvalue weighted by Gasteiger charge is 2.21. The van der Waals surface area contributed by atoms with Crippen molar-refractivity contribution in [3.8, 4) is 0 Å². The van der Waals surface area contributed by atoms with Crippen molar-refractivity contribution in [3.05, 3.63) is 24.8 Å². The van der Waals surface area contributed by atoms with Gasteiger partial charge in [0, 0.05) is 12.2 Å². The van der Waals surface area contributed by atoms with E-state index in [2.05, 4.69) is 27.4 Å². The molecule has 0 spiro atoms. The van der Waals surface area contributed by atoms with E-state index in [9.17, 15) is 9.59 Å². The maximum absolute atomic E-state index is 11.8. The summed E-state index contributed by atoms with van der Waals surface area (Å²) in [5.41, 5.74) is 0. The van der Waals surface area contributed by atoms with Gasteiger partial charge in [0.1, 0.15) is 13.2 Å². The molecule has 0 aromatic carbocycles. The number of ether oxygens (including phenoxy) is 2. The zero-order valence-electron chi connectivity index (χ0n) is 22.7. The fraction of sp³-hybridized carbons (Fsp3) is 0.793. The monoisotopic (exact) mass is 480 g/mol. The second kappa shape index (κ2) is 23.1. The fourth-order valence-corrected chi connectivity index (χ4v) is 4.20. The number of rotatable bonds is 24. The number of carbonyl (C=O) groups is 2. The average Bonchev–Trinajstić information content (AvgIpc) is 2.84. The third-order valence-corrected chi connectivity index (χ3v) is 6.77. The predicted octanol–water partition coefficient (Wildman–Crippen LogP) is 7.15. The van der Waals surface area contributed by atoms with Crippen LogP contribution < -0.4 is 0 Å². The van der Waals surface area contributed by atoms with E-state index in [1.165, 1.54) is 77.0 Å². The zero-order valence-corrected chi connectivity index (χ0v) is 22.7. The van der Waals surface area contributed by atoms with Gasteiger partial charge in [0.25, 0.3) is 0 Å². The van der Waals surface area contributed by atoms with Crippen molar-refractivity contribution in [2.45, 2.75) is 111 Å². The van der Waals surface area contributed by atoms with E-state index in [0.29, 0.717) is 13.2 Å². The summed E-state index contributed by atoms with van der Waals surface area (Å²) in [7, 11) is 0. The van der Waals surface area contributed by atoms with Crippen LogP contribution in [0.4, 0.5) is 0 Å². The van der Waals surface area contributed by atoms with Gasteiger partial charge in [-0.3, -0.25) is 0 Å². The smallest absolute Gasteiger partial charge is 0.331 e. The lowest BCUT2D eigenvalue weighted by Crippen LogP contribution is -2.50. The molecule has 34 heavy (non-hydrogen) atoms. The van der Waals surface area contributed by atoms with Gasteiger partial charge in [0.2, 0.25) is 0 Å². The summed E-state index contributed by atoms with van der Waals surface area (Å²) in [5, 5.41) is 0. The molecule has 0 rings (SSSR count). The number of hydrogen-bond acceptors (Lipinski definition) is 4. The van der Waals surface area contributed by atoms with E-state index < -0.39 is 11.9 Å². The Morgan fingerprint density at radius 3 is 1.47 bits per heavy atom. The normalized spacial score (nSPS) is 11.6. The lowest BCUT2D eigenvalue weighted by Gasteiger charge is -2.35. The second-order valence-electron chi connectivity index (χ2n) is 9.43. The van der Waals surface area contributed by atoms with Crippen LogP contribution in [0.15, 0.2) is 24.8 Å². The van der Waals surface area contributed by atoms with E-state index in [0.717, 1.165) is 55.7 Å². The van der Waals surface area contributed by atoms with E-state index in [1.54, 1.807) is 0 Å². The van der Waals surface area contributed by atoms with Crippen LogP contribution in [-0.4, -0.2) is 55.8 Å². The Balaban J connectivity index is 3.62. The van der Waals surface area contributed by atoms with Gasteiger partial charge in [-0.2, -0.15) is 0 Å². The van der Waals surface area contributed by atoms with Crippen LogP contribution in [0, 0.1) is 0 Å². The molecule has 198 valence electrons. The third-order valence-electron chi connectivity index (χ3n) is 6.77. The van der Waals surface area contributed by atoms with E-state index >= 15 is 0 Å². The van der Waals surface area contributed by atoms with E-state index in [1.807, 2.05) is 6.08 Å². The molecule has 0 N–H and O–H groups in total. The third kappa shape index (κ3) is 18.8. The molecule has 0 aliphatic rings. The first-order valence-electron chi connectivity index (χ1n) is 14.0. The Bertz CT molecular complexity index is 540. The SMILES string of the molecule is C=CC[N+](CC)(CC)CCOC(=O)/C=C\C(=O)OCCCCCCCCCCCCCCCC. The summed E-state index contributed by atoms with van der Waals surface area (Å²) < 4.78 is 11.3. The number of unbranched alkanes of at least 4 members (excludes halogenated alkanes) is 13. The van der Waals surface area contributed by atoms with Crippen molar-refractivity contribution in [2.24, 2.45) is 0 Å². The van der Waals surface area contributed by atoms with Crippen molar-refractivity contribution in [1.82, 2.24) is 0 Å². The minimum absolute atomic E-state index is 0.326. The topological polar surface area (TPSA) is 52.6 Å². The van der Waals surface area contributed by atoms with Gasteiger partial charge in [-0.15, -0.1) is 0 Å². The largest absolute Gasteiger partial charge is 0.463 e. The number of carbonyl (C=O) groups excluding carboxylic acids is 2. The molecule has 0 aliphatic heterocycles. The highest BCUT2D eigenvalue weighted by molar-refractivity contribution is 5.91. The van der Waals surface area contributed by atoms with Gasteiger partial charge in [-0.1, -0.05) is 97.0 Å². The molecule has 0 aromatic rings. The number of quaternary nitrogens is 1. The summed E-state index contributed by atoms with van der Waals surface area (Å²) in [6, 6.07) is 0. The lowest BCUT2D eigenvalue weighted by molar-refractivity contribution is -0.919. The Morgan fingerprint density at radius 1 is 0.647 bits per heavy atom. The molecule has 0 fully saturated rings. The maximum atomic E-state index is 11.8. The van der Waals surface area contributed by atoms with Crippen LogP contribution in [0.3, 0.4) is 0 Å². The molecule has 0 saturated heterocycles. The highest BCUT2D eigenvalue weighted by atomic mass is 16.5. The minimum Gasteiger partial charge on any atom is -0.463 e. The highest BCUT2D eigenvalue weighted by Crippen LogP contribution is 2.13. The first-order chi connectivity index (χ1) is 16.5. The van der Waals surface area contributed by atoms with Crippen molar-refractivity contribution in [3.63, 3.8) is 0 Å². The number of esters is 2. The maximum Gasteiger partial charge on any atom is 0.331 e. The first-order valence-corrected chi connectivity index (χ1v) is 14.0. The van der Waals surface area contributed by atoms with Gasteiger partial charge < -0.3 is 14.0 Å². The van der Waals surface area contributed by atoms with Crippen molar-refractivity contribution >= 4 is 11.9 Å². The van der Waals surface area contributed by atoms with Crippen LogP contribution in [0.2, 0.25) is 0 Å². The van der Waals surface area contributed by atoms with E-state index in [4.69, 9.17) is 9.47 Å². The van der Waals surface area contributed by atoms with Crippen LogP contribution in [0.25, 0.3) is 0 Å². The summed E-state index contributed by atoms with van der Waals surface area (Å²) in [6.45, 7) is 14.6. The Labute approximate surface area is 210 Å². The zero-order chi connectivity index (χ0) is 25.3. The lowest BCUT2D eigenvalue weighted by atomic mass is 10.0. The molecule has 5 nitrogen and oxygen atoms in total. The molecule has 0 amide bonds. The van der Waals surface area contributed by atoms with E-state index in [-0.39, 0.29) is 0 Å². The Kier molecular flexibility index (Phi) is 22.0. The summed E-state index contributed by atoms with van der Waals surface area (Å²) in [6.07, 6.45) is 22.4. The molecule has 0 bridgehead atoms. The number of likely N-dealkylation sites (N-methyl/N-ethyl adjacent to an activating group) is 1. The number of nitrogens with zero attached hydrogens (tertiary/aromatic N) is 1. The predicted molar refractivity (Wildman–Crippen MR) is 143 cm³/mol. The second-order valence-corrected chi connectivity index (χ2v) is 9.43. The van der Waals surface area contributed by atoms with Gasteiger partial charge in [-0.25, -0.2) is 9.59 Å². The number of hydrogen-bond donors (Lipinski definition) is 0. The molecule has 0 aromatic heterocycles. The van der Waals surface area contributed by atoms with Crippen molar-refractivity contribution in [2.75, 3.05) is 39.4 Å². The van der Waals surface area contributed by atoms with Gasteiger partial charge >= 0.3 is 11.9 Å². The average molecular weight is 481 g/mol. The van der Waals surface area contributed by atoms with Crippen LogP contribution >= 0.6 is 0 Å². The molecule has 0 aliphatic carbocycles. The summed E-state index contributed by atoms with van der Waals surface area (Å²) >= 11 is 0. The first kappa shape index (κ1) is 32.4. The summed E-state index contributed by atoms with van der Waals surface area (Å²) in [5.74, 6) is -0.983. The van der Waals surface area contributed by atoms with Crippen LogP contribution in [0.5, 0.6) is 0 Å². The molecule has 0 heterocycles. The summed E-state index contributed by atoms with van der Waals surface area (Å²) in [4.78, 5) is 23.6. The molecule has 0 unspecified atom stereocenters. The van der Waals surface area contributed by atoms with Crippen molar-refractivity contribution < 1.29 is 23.5 Å². The van der Waals surface area contributed by atoms with Gasteiger partial charge in [-0.05, 0) is 26.3 Å². The molecule has 0 saturated carbocycles. The minimum atomic E-state index is -0.502.